The SMILES string of the molecule is CCCCC(=O)n1cc2c3c(cccc31)C1=CC(C(=O)N(CC)CC)CN(C)C1C2. The Balaban J connectivity index is 1.78. The number of hydrogen-bond acceptors (Lipinski definition) is 3. The van der Waals surface area contributed by atoms with E-state index in [-0.39, 0.29) is 23.8 Å². The average molecular weight is 408 g/mol. The molecule has 1 aliphatic heterocycles. The molecule has 2 atom stereocenters. The summed E-state index contributed by atoms with van der Waals surface area (Å²) in [5, 5.41) is 1.19. The van der Waals surface area contributed by atoms with Crippen LogP contribution in [-0.2, 0) is 11.2 Å². The van der Waals surface area contributed by atoms with Gasteiger partial charge in [0, 0.05) is 43.7 Å². The van der Waals surface area contributed by atoms with E-state index in [0.717, 1.165) is 44.4 Å². The largest absolute Gasteiger partial charge is 0.343 e. The fourth-order valence-corrected chi connectivity index (χ4v) is 5.14. The number of carbonyl (C=O) groups is 2. The molecule has 0 saturated carbocycles. The summed E-state index contributed by atoms with van der Waals surface area (Å²) in [7, 11) is 2.12. The van der Waals surface area contributed by atoms with E-state index < -0.39 is 0 Å². The number of unbranched alkanes of at least 4 members (excludes halogenated alkanes) is 1. The predicted octanol–water partition coefficient (Wildman–Crippen LogP) is 4.21. The van der Waals surface area contributed by atoms with Crippen LogP contribution in [0.5, 0.6) is 0 Å². The van der Waals surface area contributed by atoms with E-state index in [1.807, 2.05) is 29.4 Å². The van der Waals surface area contributed by atoms with Crippen molar-refractivity contribution in [2.24, 2.45) is 5.92 Å². The van der Waals surface area contributed by atoms with Crippen molar-refractivity contribution in [3.63, 3.8) is 0 Å². The molecule has 2 heterocycles. The summed E-state index contributed by atoms with van der Waals surface area (Å²) in [5.74, 6) is 0.265. The Morgan fingerprint density at radius 3 is 2.63 bits per heavy atom. The number of hydrogen-bond donors (Lipinski definition) is 0. The highest BCUT2D eigenvalue weighted by atomic mass is 16.2. The van der Waals surface area contributed by atoms with Gasteiger partial charge in [0.2, 0.25) is 11.8 Å². The minimum Gasteiger partial charge on any atom is -0.343 e. The normalized spacial score (nSPS) is 20.7. The van der Waals surface area contributed by atoms with Crippen molar-refractivity contribution in [3.05, 3.63) is 41.6 Å². The Hall–Kier alpha value is -2.40. The van der Waals surface area contributed by atoms with Crippen LogP contribution in [0.2, 0.25) is 0 Å². The van der Waals surface area contributed by atoms with Gasteiger partial charge in [0.05, 0.1) is 11.4 Å². The molecule has 0 fully saturated rings. The first-order chi connectivity index (χ1) is 14.5. The third-order valence-electron chi connectivity index (χ3n) is 6.79. The second kappa shape index (κ2) is 8.38. The molecule has 1 amide bonds. The van der Waals surface area contributed by atoms with Crippen LogP contribution in [0, 0.1) is 5.92 Å². The minimum absolute atomic E-state index is 0.119. The monoisotopic (exact) mass is 407 g/mol. The molecule has 1 aromatic heterocycles. The van der Waals surface area contributed by atoms with Crippen LogP contribution in [0.1, 0.15) is 56.0 Å². The van der Waals surface area contributed by atoms with Gasteiger partial charge < -0.3 is 4.90 Å². The summed E-state index contributed by atoms with van der Waals surface area (Å²) < 4.78 is 1.86. The van der Waals surface area contributed by atoms with Gasteiger partial charge in [0.1, 0.15) is 0 Å². The van der Waals surface area contributed by atoms with Gasteiger partial charge in [-0.05, 0) is 56.5 Å². The summed E-state index contributed by atoms with van der Waals surface area (Å²) in [4.78, 5) is 30.1. The second-order valence-corrected chi connectivity index (χ2v) is 8.62. The Bertz CT molecular complexity index is 999. The molecular formula is C25H33N3O2. The number of rotatable bonds is 6. The molecule has 2 unspecified atom stereocenters. The highest BCUT2D eigenvalue weighted by Gasteiger charge is 2.37. The highest BCUT2D eigenvalue weighted by Crippen LogP contribution is 2.42. The zero-order valence-electron chi connectivity index (χ0n) is 18.6. The molecule has 2 aromatic rings. The van der Waals surface area contributed by atoms with Crippen LogP contribution in [-0.4, -0.2) is 58.9 Å². The zero-order chi connectivity index (χ0) is 21.4. The topological polar surface area (TPSA) is 45.6 Å². The van der Waals surface area contributed by atoms with Gasteiger partial charge in [-0.15, -0.1) is 0 Å². The van der Waals surface area contributed by atoms with E-state index in [1.54, 1.807) is 0 Å². The maximum atomic E-state index is 13.1. The van der Waals surface area contributed by atoms with E-state index in [0.29, 0.717) is 6.42 Å². The Morgan fingerprint density at radius 2 is 1.93 bits per heavy atom. The second-order valence-electron chi connectivity index (χ2n) is 8.62. The Morgan fingerprint density at radius 1 is 1.17 bits per heavy atom. The molecular weight excluding hydrogens is 374 g/mol. The smallest absolute Gasteiger partial charge is 0.231 e. The molecule has 0 saturated heterocycles. The van der Waals surface area contributed by atoms with Gasteiger partial charge in [-0.3, -0.25) is 19.1 Å². The summed E-state index contributed by atoms with van der Waals surface area (Å²) in [6.07, 6.45) is 7.67. The number of fused-ring (bicyclic) bond motifs is 2. The predicted molar refractivity (Wildman–Crippen MR) is 122 cm³/mol. The van der Waals surface area contributed by atoms with Gasteiger partial charge in [0.25, 0.3) is 0 Å². The van der Waals surface area contributed by atoms with Crippen molar-refractivity contribution in [1.82, 2.24) is 14.4 Å². The molecule has 5 nitrogen and oxygen atoms in total. The molecule has 4 rings (SSSR count). The first-order valence-corrected chi connectivity index (χ1v) is 11.4. The van der Waals surface area contributed by atoms with E-state index >= 15 is 0 Å². The van der Waals surface area contributed by atoms with Crippen LogP contribution in [0.25, 0.3) is 16.5 Å². The number of amides is 1. The molecule has 30 heavy (non-hydrogen) atoms. The minimum atomic E-state index is -0.119. The molecule has 160 valence electrons. The van der Waals surface area contributed by atoms with E-state index in [4.69, 9.17) is 0 Å². The summed E-state index contributed by atoms with van der Waals surface area (Å²) in [6, 6.07) is 6.51. The number of benzene rings is 1. The molecule has 0 N–H and O–H groups in total. The first kappa shape index (κ1) is 20.9. The van der Waals surface area contributed by atoms with Crippen LogP contribution in [0.4, 0.5) is 0 Å². The van der Waals surface area contributed by atoms with Gasteiger partial charge >= 0.3 is 0 Å². The van der Waals surface area contributed by atoms with Crippen LogP contribution < -0.4 is 0 Å². The summed E-state index contributed by atoms with van der Waals surface area (Å²) in [6.45, 7) is 8.41. The maximum Gasteiger partial charge on any atom is 0.231 e. The van der Waals surface area contributed by atoms with Gasteiger partial charge in [-0.2, -0.15) is 0 Å². The van der Waals surface area contributed by atoms with Crippen LogP contribution in [0.15, 0.2) is 30.5 Å². The van der Waals surface area contributed by atoms with Crippen LogP contribution >= 0.6 is 0 Å². The van der Waals surface area contributed by atoms with Gasteiger partial charge in [-0.25, -0.2) is 0 Å². The maximum absolute atomic E-state index is 13.1. The summed E-state index contributed by atoms with van der Waals surface area (Å²) >= 11 is 0. The lowest BCUT2D eigenvalue weighted by Crippen LogP contribution is -2.47. The summed E-state index contributed by atoms with van der Waals surface area (Å²) in [5.41, 5.74) is 4.67. The molecule has 5 heteroatoms. The van der Waals surface area contributed by atoms with Crippen LogP contribution in [0.3, 0.4) is 0 Å². The fourth-order valence-electron chi connectivity index (χ4n) is 5.14. The number of nitrogens with zero attached hydrogens (tertiary/aromatic N) is 3. The highest BCUT2D eigenvalue weighted by molar-refractivity contribution is 6.03. The molecule has 0 radical (unpaired) electrons. The van der Waals surface area contributed by atoms with E-state index in [9.17, 15) is 9.59 Å². The zero-order valence-corrected chi connectivity index (χ0v) is 18.6. The molecule has 1 aliphatic carbocycles. The van der Waals surface area contributed by atoms with Gasteiger partial charge in [-0.1, -0.05) is 31.6 Å². The standard InChI is InChI=1S/C25H33N3O2/c1-5-8-12-23(29)28-16-17-14-22-20(19-10-9-11-21(28)24(17)19)13-18(15-26(22)4)25(30)27(6-2)7-3/h9-11,13,16,18,22H,5-8,12,14-15H2,1-4H3. The Kier molecular flexibility index (Phi) is 5.83. The Labute approximate surface area is 179 Å². The van der Waals surface area contributed by atoms with E-state index in [2.05, 4.69) is 43.3 Å². The van der Waals surface area contributed by atoms with Crippen molar-refractivity contribution in [1.29, 1.82) is 0 Å². The fraction of sp³-hybridized carbons (Fsp3) is 0.520. The number of likely N-dealkylation sites (N-methyl/N-ethyl adjacent to an activating group) is 1. The molecule has 2 aliphatic rings. The average Bonchev–Trinajstić information content (AvgIpc) is 3.13. The molecule has 0 spiro atoms. The lowest BCUT2D eigenvalue weighted by molar-refractivity contribution is -0.134. The van der Waals surface area contributed by atoms with E-state index in [1.165, 1.54) is 22.1 Å². The van der Waals surface area contributed by atoms with Crippen molar-refractivity contribution >= 4 is 28.3 Å². The third kappa shape index (κ3) is 3.39. The van der Waals surface area contributed by atoms with Crippen molar-refractivity contribution < 1.29 is 9.59 Å². The van der Waals surface area contributed by atoms with Gasteiger partial charge in [0.15, 0.2) is 0 Å². The lowest BCUT2D eigenvalue weighted by Gasteiger charge is -2.40. The third-order valence-corrected chi connectivity index (χ3v) is 6.79. The lowest BCUT2D eigenvalue weighted by atomic mass is 9.79. The van der Waals surface area contributed by atoms with Crippen molar-refractivity contribution in [3.8, 4) is 0 Å². The van der Waals surface area contributed by atoms with Crippen molar-refractivity contribution in [2.45, 2.75) is 52.5 Å². The number of carbonyl (C=O) groups excluding carboxylic acids is 2. The molecule has 1 aromatic carbocycles. The van der Waals surface area contributed by atoms with Crippen molar-refractivity contribution in [2.75, 3.05) is 26.7 Å². The molecule has 0 bridgehead atoms. The quantitative estimate of drug-likeness (QED) is 0.721. The number of aromatic nitrogens is 1. The first-order valence-electron chi connectivity index (χ1n) is 11.4.